The molecule has 0 fully saturated rings. The smallest absolute Gasteiger partial charge is 0.228 e. The summed E-state index contributed by atoms with van der Waals surface area (Å²) in [5.74, 6) is 0. The maximum atomic E-state index is 6.47. The van der Waals surface area contributed by atoms with Gasteiger partial charge in [-0.3, -0.25) is 0 Å². The van der Waals surface area contributed by atoms with E-state index in [4.69, 9.17) is 44.2 Å². The number of pyridine rings is 1. The van der Waals surface area contributed by atoms with Gasteiger partial charge in [0, 0.05) is 35.3 Å². The van der Waals surface area contributed by atoms with E-state index in [1.807, 2.05) is 49.3 Å². The average Bonchev–Trinajstić information content (AvgIpc) is 3.04. The van der Waals surface area contributed by atoms with Crippen molar-refractivity contribution in [1.82, 2.24) is 4.98 Å². The van der Waals surface area contributed by atoms with Crippen LogP contribution < -0.4 is 4.90 Å². The molecule has 0 aliphatic rings. The summed E-state index contributed by atoms with van der Waals surface area (Å²) in [6.07, 6.45) is 1.70. The standard InChI is InChI=1S/C21H15Cl3N2O/c1-26(2)19-11-27-21-17(19)10-16(12-3-5-13(22)6-4-12)20(25-21)15-8-7-14(23)9-18(15)24/h3-11H,1-2H3. The number of rotatable bonds is 3. The number of halogens is 3. The SMILES string of the molecule is CN(C)c1coc2nc(-c3ccc(Cl)cc3Cl)c(-c3ccc(Cl)cc3)cc12. The summed E-state index contributed by atoms with van der Waals surface area (Å²) in [5, 5.41) is 2.71. The van der Waals surface area contributed by atoms with E-state index in [0.29, 0.717) is 20.8 Å². The highest BCUT2D eigenvalue weighted by Gasteiger charge is 2.18. The lowest BCUT2D eigenvalue weighted by molar-refractivity contribution is 0.603. The number of hydrogen-bond donors (Lipinski definition) is 0. The molecular formula is C21H15Cl3N2O. The Hall–Kier alpha value is -2.20. The van der Waals surface area contributed by atoms with Gasteiger partial charge in [0.2, 0.25) is 5.71 Å². The van der Waals surface area contributed by atoms with E-state index < -0.39 is 0 Å². The van der Waals surface area contributed by atoms with Crippen molar-refractivity contribution in [3.8, 4) is 22.4 Å². The highest BCUT2D eigenvalue weighted by atomic mass is 35.5. The Kier molecular flexibility index (Phi) is 4.77. The summed E-state index contributed by atoms with van der Waals surface area (Å²) in [6, 6.07) is 15.1. The second kappa shape index (κ2) is 7.08. The van der Waals surface area contributed by atoms with Crippen LogP contribution in [-0.4, -0.2) is 19.1 Å². The Morgan fingerprint density at radius 3 is 2.22 bits per heavy atom. The molecule has 0 saturated heterocycles. The van der Waals surface area contributed by atoms with Gasteiger partial charge in [-0.15, -0.1) is 0 Å². The number of hydrogen-bond acceptors (Lipinski definition) is 3. The topological polar surface area (TPSA) is 29.3 Å². The fourth-order valence-corrected chi connectivity index (χ4v) is 3.65. The molecule has 2 aromatic carbocycles. The quantitative estimate of drug-likeness (QED) is 0.353. The van der Waals surface area contributed by atoms with Gasteiger partial charge in [0.25, 0.3) is 0 Å². The van der Waals surface area contributed by atoms with Crippen LogP contribution in [0.4, 0.5) is 5.69 Å². The van der Waals surface area contributed by atoms with E-state index in [1.54, 1.807) is 18.4 Å². The second-order valence-corrected chi connectivity index (χ2v) is 7.66. The zero-order valence-electron chi connectivity index (χ0n) is 14.6. The minimum absolute atomic E-state index is 0.531. The molecule has 0 atom stereocenters. The minimum atomic E-state index is 0.531. The van der Waals surface area contributed by atoms with E-state index in [0.717, 1.165) is 33.5 Å². The van der Waals surface area contributed by atoms with E-state index in [1.165, 1.54) is 0 Å². The number of aromatic nitrogens is 1. The molecule has 0 amide bonds. The van der Waals surface area contributed by atoms with Crippen LogP contribution in [0, 0.1) is 0 Å². The monoisotopic (exact) mass is 416 g/mol. The Bertz CT molecular complexity index is 1130. The first-order valence-electron chi connectivity index (χ1n) is 8.25. The van der Waals surface area contributed by atoms with Crippen molar-refractivity contribution < 1.29 is 4.42 Å². The predicted octanol–water partition coefficient (Wildman–Crippen LogP) is 7.19. The van der Waals surface area contributed by atoms with Crippen LogP contribution in [0.5, 0.6) is 0 Å². The molecule has 0 aliphatic heterocycles. The first-order valence-corrected chi connectivity index (χ1v) is 9.38. The lowest BCUT2D eigenvalue weighted by Crippen LogP contribution is -2.07. The third-order valence-corrected chi connectivity index (χ3v) is 5.17. The molecule has 0 N–H and O–H groups in total. The van der Waals surface area contributed by atoms with Gasteiger partial charge in [-0.2, -0.15) is 0 Å². The molecule has 136 valence electrons. The third kappa shape index (κ3) is 3.39. The molecule has 0 radical (unpaired) electrons. The molecule has 3 nitrogen and oxygen atoms in total. The lowest BCUT2D eigenvalue weighted by atomic mass is 9.98. The zero-order valence-corrected chi connectivity index (χ0v) is 16.9. The molecule has 0 aliphatic carbocycles. The molecule has 0 spiro atoms. The van der Waals surface area contributed by atoms with Gasteiger partial charge in [-0.25, -0.2) is 4.98 Å². The second-order valence-electron chi connectivity index (χ2n) is 6.38. The Balaban J connectivity index is 2.04. The van der Waals surface area contributed by atoms with Crippen molar-refractivity contribution in [3.63, 3.8) is 0 Å². The van der Waals surface area contributed by atoms with E-state index in [-0.39, 0.29) is 0 Å². The summed E-state index contributed by atoms with van der Waals surface area (Å²) in [4.78, 5) is 6.78. The van der Waals surface area contributed by atoms with Crippen LogP contribution in [0.3, 0.4) is 0 Å². The summed E-state index contributed by atoms with van der Waals surface area (Å²) in [7, 11) is 3.94. The maximum absolute atomic E-state index is 6.47. The number of nitrogens with zero attached hydrogens (tertiary/aromatic N) is 2. The van der Waals surface area contributed by atoms with Crippen LogP contribution in [0.2, 0.25) is 15.1 Å². The Labute approximate surface area is 172 Å². The number of fused-ring (bicyclic) bond motifs is 1. The minimum Gasteiger partial charge on any atom is -0.444 e. The molecule has 27 heavy (non-hydrogen) atoms. The summed E-state index contributed by atoms with van der Waals surface area (Å²) < 4.78 is 5.70. The van der Waals surface area contributed by atoms with Crippen LogP contribution in [0.1, 0.15) is 0 Å². The molecular weight excluding hydrogens is 403 g/mol. The van der Waals surface area contributed by atoms with Gasteiger partial charge >= 0.3 is 0 Å². The van der Waals surface area contributed by atoms with Crippen molar-refractivity contribution in [3.05, 3.63) is 69.9 Å². The first-order chi connectivity index (χ1) is 12.9. The molecule has 6 heteroatoms. The molecule has 0 bridgehead atoms. The third-order valence-electron chi connectivity index (χ3n) is 4.37. The van der Waals surface area contributed by atoms with Crippen LogP contribution >= 0.6 is 34.8 Å². The van der Waals surface area contributed by atoms with E-state index in [2.05, 4.69) is 6.07 Å². The lowest BCUT2D eigenvalue weighted by Gasteiger charge is -2.13. The summed E-state index contributed by atoms with van der Waals surface area (Å²) >= 11 is 18.6. The van der Waals surface area contributed by atoms with Crippen LogP contribution in [0.25, 0.3) is 33.5 Å². The van der Waals surface area contributed by atoms with Gasteiger partial charge < -0.3 is 9.32 Å². The highest BCUT2D eigenvalue weighted by Crippen LogP contribution is 2.40. The highest BCUT2D eigenvalue weighted by molar-refractivity contribution is 6.36. The van der Waals surface area contributed by atoms with Crippen molar-refractivity contribution >= 4 is 51.6 Å². The number of anilines is 1. The first kappa shape index (κ1) is 18.2. The molecule has 2 heterocycles. The van der Waals surface area contributed by atoms with Gasteiger partial charge in [0.05, 0.1) is 21.8 Å². The van der Waals surface area contributed by atoms with Crippen molar-refractivity contribution in [2.75, 3.05) is 19.0 Å². The molecule has 4 aromatic rings. The van der Waals surface area contributed by atoms with Gasteiger partial charge in [0.1, 0.15) is 6.26 Å². The van der Waals surface area contributed by atoms with Gasteiger partial charge in [-0.1, -0.05) is 46.9 Å². The van der Waals surface area contributed by atoms with Crippen LogP contribution in [-0.2, 0) is 0 Å². The van der Waals surface area contributed by atoms with Crippen LogP contribution in [0.15, 0.2) is 59.2 Å². The number of furan rings is 1. The fraction of sp³-hybridized carbons (Fsp3) is 0.0952. The zero-order chi connectivity index (χ0) is 19.1. The van der Waals surface area contributed by atoms with Gasteiger partial charge in [0.15, 0.2) is 0 Å². The largest absolute Gasteiger partial charge is 0.444 e. The van der Waals surface area contributed by atoms with Crippen molar-refractivity contribution in [2.24, 2.45) is 0 Å². The fourth-order valence-electron chi connectivity index (χ4n) is 3.03. The normalized spacial score (nSPS) is 11.1. The molecule has 2 aromatic heterocycles. The summed E-state index contributed by atoms with van der Waals surface area (Å²) in [6.45, 7) is 0. The molecule has 0 saturated carbocycles. The molecule has 0 unspecified atom stereocenters. The number of benzene rings is 2. The Morgan fingerprint density at radius 1 is 0.852 bits per heavy atom. The van der Waals surface area contributed by atoms with Crippen molar-refractivity contribution in [2.45, 2.75) is 0 Å². The van der Waals surface area contributed by atoms with Gasteiger partial charge in [-0.05, 0) is 42.0 Å². The van der Waals surface area contributed by atoms with E-state index in [9.17, 15) is 0 Å². The Morgan fingerprint density at radius 2 is 1.56 bits per heavy atom. The van der Waals surface area contributed by atoms with Crippen molar-refractivity contribution in [1.29, 1.82) is 0 Å². The average molecular weight is 418 g/mol. The van der Waals surface area contributed by atoms with E-state index >= 15 is 0 Å². The molecule has 4 rings (SSSR count). The maximum Gasteiger partial charge on any atom is 0.228 e. The predicted molar refractivity (Wildman–Crippen MR) is 114 cm³/mol. The summed E-state index contributed by atoms with van der Waals surface area (Å²) in [5.41, 5.74) is 4.95.